The first kappa shape index (κ1) is 16.3. The predicted octanol–water partition coefficient (Wildman–Crippen LogP) is -0.894. The molecule has 1 unspecified atom stereocenters. The zero-order valence-electron chi connectivity index (χ0n) is 10.1. The molecule has 0 fully saturated rings. The molecule has 1 aromatic rings. The number of hydrogen-bond donors (Lipinski definition) is 3. The molecule has 0 saturated heterocycles. The van der Waals surface area contributed by atoms with Crippen LogP contribution in [0.15, 0.2) is 29.2 Å². The van der Waals surface area contributed by atoms with Crippen molar-refractivity contribution in [2.24, 2.45) is 5.14 Å². The summed E-state index contributed by atoms with van der Waals surface area (Å²) in [6.07, 6.45) is 0. The second-order valence-corrected chi connectivity index (χ2v) is 6.76. The highest BCUT2D eigenvalue weighted by atomic mass is 32.2. The molecule has 1 amide bonds. The minimum Gasteiger partial charge on any atom is -0.481 e. The minimum absolute atomic E-state index is 0.107. The van der Waals surface area contributed by atoms with E-state index in [4.69, 9.17) is 10.2 Å². The van der Waals surface area contributed by atoms with E-state index in [9.17, 15) is 22.2 Å². The maximum absolute atomic E-state index is 11.4. The van der Waals surface area contributed by atoms with E-state index < -0.39 is 44.2 Å². The number of nitrogens with one attached hydrogen (secondary N) is 1. The van der Waals surface area contributed by atoms with Gasteiger partial charge in [0.1, 0.15) is 11.5 Å². The van der Waals surface area contributed by atoms with Gasteiger partial charge in [-0.05, 0) is 24.3 Å². The number of carbonyl (C=O) groups excluding carboxylic acids is 1. The van der Waals surface area contributed by atoms with Crippen LogP contribution >= 0.6 is 0 Å². The van der Waals surface area contributed by atoms with Gasteiger partial charge in [0.15, 0.2) is 0 Å². The van der Waals surface area contributed by atoms with Crippen LogP contribution in [0, 0.1) is 0 Å². The average molecular weight is 320 g/mol. The lowest BCUT2D eigenvalue weighted by Gasteiger charge is -2.05. The fourth-order valence-electron chi connectivity index (χ4n) is 1.26. The number of rotatable bonds is 6. The van der Waals surface area contributed by atoms with E-state index in [1.54, 1.807) is 0 Å². The number of nitrogens with two attached hydrogens (primary N) is 1. The number of carbonyl (C=O) groups is 2. The predicted molar refractivity (Wildman–Crippen MR) is 72.0 cm³/mol. The van der Waals surface area contributed by atoms with Crippen LogP contribution in [0.5, 0.6) is 0 Å². The van der Waals surface area contributed by atoms with Crippen LogP contribution in [0.4, 0.5) is 5.69 Å². The molecule has 20 heavy (non-hydrogen) atoms. The summed E-state index contributed by atoms with van der Waals surface area (Å²) in [5.74, 6) is -2.96. The summed E-state index contributed by atoms with van der Waals surface area (Å²) in [6, 6.07) is 5.05. The van der Waals surface area contributed by atoms with Gasteiger partial charge in [-0.1, -0.05) is 0 Å². The van der Waals surface area contributed by atoms with Gasteiger partial charge in [-0.3, -0.25) is 13.8 Å². The summed E-state index contributed by atoms with van der Waals surface area (Å²) in [4.78, 5) is 21.6. The van der Waals surface area contributed by atoms with E-state index in [2.05, 4.69) is 5.32 Å². The summed E-state index contributed by atoms with van der Waals surface area (Å²) in [7, 11) is -5.61. The first-order chi connectivity index (χ1) is 9.18. The zero-order valence-corrected chi connectivity index (χ0v) is 11.7. The third-order valence-corrected chi connectivity index (χ3v) is 4.13. The number of aliphatic carboxylic acids is 1. The number of hydrogen-bond acceptors (Lipinski definition) is 5. The van der Waals surface area contributed by atoms with Crippen LogP contribution in [0.25, 0.3) is 0 Å². The molecule has 0 aliphatic rings. The molecule has 1 atom stereocenters. The van der Waals surface area contributed by atoms with Gasteiger partial charge < -0.3 is 10.4 Å². The molecule has 0 saturated carbocycles. The van der Waals surface area contributed by atoms with Crippen molar-refractivity contribution in [3.05, 3.63) is 24.3 Å². The molecule has 0 aromatic heterocycles. The molecule has 10 heteroatoms. The van der Waals surface area contributed by atoms with Gasteiger partial charge in [-0.15, -0.1) is 0 Å². The lowest BCUT2D eigenvalue weighted by atomic mass is 10.3. The number of carboxylic acid groups (broad SMARTS) is 1. The molecule has 4 N–H and O–H groups in total. The Balaban J connectivity index is 2.63. The Kier molecular flexibility index (Phi) is 5.36. The van der Waals surface area contributed by atoms with E-state index in [1.165, 1.54) is 24.3 Å². The number of amides is 1. The monoisotopic (exact) mass is 320 g/mol. The summed E-state index contributed by atoms with van der Waals surface area (Å²) >= 11 is 0. The van der Waals surface area contributed by atoms with Crippen molar-refractivity contribution in [3.63, 3.8) is 0 Å². The SMILES string of the molecule is NS(=O)(=O)c1ccc(NC(=O)CS(=O)CC(=O)O)cc1. The van der Waals surface area contributed by atoms with E-state index in [-0.39, 0.29) is 10.6 Å². The Morgan fingerprint density at radius 2 is 1.75 bits per heavy atom. The van der Waals surface area contributed by atoms with Gasteiger partial charge >= 0.3 is 5.97 Å². The van der Waals surface area contributed by atoms with Crippen LogP contribution < -0.4 is 10.5 Å². The topological polar surface area (TPSA) is 144 Å². The molecule has 8 nitrogen and oxygen atoms in total. The fourth-order valence-corrected chi connectivity index (χ4v) is 2.52. The number of benzene rings is 1. The van der Waals surface area contributed by atoms with E-state index >= 15 is 0 Å². The normalized spacial score (nSPS) is 12.7. The number of carboxylic acids is 1. The van der Waals surface area contributed by atoms with Crippen LogP contribution in [-0.4, -0.2) is 41.1 Å². The van der Waals surface area contributed by atoms with Crippen LogP contribution in [0.3, 0.4) is 0 Å². The van der Waals surface area contributed by atoms with Crippen LogP contribution in [0.1, 0.15) is 0 Å². The Morgan fingerprint density at radius 1 is 1.20 bits per heavy atom. The quantitative estimate of drug-likeness (QED) is 0.620. The Labute approximate surface area is 117 Å². The molecule has 1 rings (SSSR count). The smallest absolute Gasteiger partial charge is 0.316 e. The Hall–Kier alpha value is -1.78. The molecule has 110 valence electrons. The van der Waals surface area contributed by atoms with Crippen molar-refractivity contribution in [3.8, 4) is 0 Å². The second kappa shape index (κ2) is 6.59. The maximum atomic E-state index is 11.4. The molecule has 0 bridgehead atoms. The molecule has 0 aliphatic heterocycles. The standard InChI is InChI=1S/C10H12N2O6S2/c11-20(17,18)8-3-1-7(2-4-8)12-9(13)5-19(16)6-10(14)15/h1-4H,5-6H2,(H,12,13)(H,14,15)(H2,11,17,18). The van der Waals surface area contributed by atoms with Crippen LogP contribution in [-0.2, 0) is 30.4 Å². The molecule has 1 aromatic carbocycles. The van der Waals surface area contributed by atoms with Crippen molar-refractivity contribution >= 4 is 38.4 Å². The summed E-state index contributed by atoms with van der Waals surface area (Å²) in [6.45, 7) is 0. The average Bonchev–Trinajstić information content (AvgIpc) is 2.26. The first-order valence-corrected chi connectivity index (χ1v) is 8.21. The summed E-state index contributed by atoms with van der Waals surface area (Å²) in [5, 5.41) is 15.7. The van der Waals surface area contributed by atoms with Gasteiger partial charge in [0.25, 0.3) is 0 Å². The van der Waals surface area contributed by atoms with Crippen LogP contribution in [0.2, 0.25) is 0 Å². The highest BCUT2D eigenvalue weighted by molar-refractivity contribution is 7.89. The second-order valence-electron chi connectivity index (χ2n) is 3.74. The Bertz CT molecular complexity index is 638. The zero-order chi connectivity index (χ0) is 15.3. The lowest BCUT2D eigenvalue weighted by Crippen LogP contribution is -2.23. The Morgan fingerprint density at radius 3 is 2.20 bits per heavy atom. The van der Waals surface area contributed by atoms with Crippen molar-refractivity contribution < 1.29 is 27.3 Å². The van der Waals surface area contributed by atoms with Crippen molar-refractivity contribution in [1.29, 1.82) is 0 Å². The molecule has 0 heterocycles. The summed E-state index contributed by atoms with van der Waals surface area (Å²) in [5.41, 5.74) is 0.287. The van der Waals surface area contributed by atoms with E-state index in [0.717, 1.165) is 0 Å². The van der Waals surface area contributed by atoms with Gasteiger partial charge in [0.2, 0.25) is 15.9 Å². The molecule has 0 aliphatic carbocycles. The van der Waals surface area contributed by atoms with Crippen molar-refractivity contribution in [2.75, 3.05) is 16.8 Å². The van der Waals surface area contributed by atoms with Gasteiger partial charge in [-0.2, -0.15) is 0 Å². The molecule has 0 radical (unpaired) electrons. The minimum atomic E-state index is -3.81. The number of primary sulfonamides is 1. The van der Waals surface area contributed by atoms with Crippen molar-refractivity contribution in [2.45, 2.75) is 4.90 Å². The number of anilines is 1. The van der Waals surface area contributed by atoms with Gasteiger partial charge in [-0.25, -0.2) is 13.6 Å². The van der Waals surface area contributed by atoms with Gasteiger partial charge in [0.05, 0.1) is 4.90 Å². The maximum Gasteiger partial charge on any atom is 0.316 e. The molecular formula is C10H12N2O6S2. The molecule has 0 spiro atoms. The first-order valence-electron chi connectivity index (χ1n) is 5.18. The van der Waals surface area contributed by atoms with Crippen molar-refractivity contribution in [1.82, 2.24) is 0 Å². The van der Waals surface area contributed by atoms with E-state index in [1.807, 2.05) is 0 Å². The van der Waals surface area contributed by atoms with E-state index in [0.29, 0.717) is 0 Å². The summed E-state index contributed by atoms with van der Waals surface area (Å²) < 4.78 is 33.2. The van der Waals surface area contributed by atoms with Gasteiger partial charge in [0, 0.05) is 16.5 Å². The lowest BCUT2D eigenvalue weighted by molar-refractivity contribution is -0.133. The number of sulfonamides is 1. The highest BCUT2D eigenvalue weighted by Gasteiger charge is 2.12. The third-order valence-electron chi connectivity index (χ3n) is 2.04. The highest BCUT2D eigenvalue weighted by Crippen LogP contribution is 2.12. The molecular weight excluding hydrogens is 308 g/mol. The fraction of sp³-hybridized carbons (Fsp3) is 0.200. The third kappa shape index (κ3) is 5.47. The largest absolute Gasteiger partial charge is 0.481 e.